The second kappa shape index (κ2) is 11.2. The Balaban J connectivity index is 1.24. The summed E-state index contributed by atoms with van der Waals surface area (Å²) in [5.41, 5.74) is 14.6. The molecule has 3 nitrogen and oxygen atoms in total. The quantitative estimate of drug-likeness (QED) is 0.317. The predicted octanol–water partition coefficient (Wildman–Crippen LogP) is 9.50. The summed E-state index contributed by atoms with van der Waals surface area (Å²) in [4.78, 5) is 0. The van der Waals surface area contributed by atoms with Crippen LogP contribution in [0, 0.1) is 52.3 Å². The Labute approximate surface area is 234 Å². The number of hydrogen-bond acceptors (Lipinski definition) is 3. The number of nitrogens with two attached hydrogens (primary N) is 2. The third-order valence-corrected chi connectivity index (χ3v) is 13.1. The molecule has 0 heterocycles. The van der Waals surface area contributed by atoms with Crippen LogP contribution in [0.25, 0.3) is 0 Å². The van der Waals surface area contributed by atoms with Gasteiger partial charge >= 0.3 is 0 Å². The molecule has 0 radical (unpaired) electrons. The van der Waals surface area contributed by atoms with E-state index in [-0.39, 0.29) is 0 Å². The van der Waals surface area contributed by atoms with E-state index in [1.165, 1.54) is 89.9 Å². The first-order valence-corrected chi connectivity index (χ1v) is 16.5. The molecule has 3 heteroatoms. The van der Waals surface area contributed by atoms with Gasteiger partial charge in [-0.05, 0) is 128 Å². The first kappa shape index (κ1) is 28.2. The molecule has 0 bridgehead atoms. The second-order valence-electron chi connectivity index (χ2n) is 14.8. The van der Waals surface area contributed by atoms with E-state index < -0.39 is 0 Å². The van der Waals surface area contributed by atoms with Crippen molar-refractivity contribution in [2.24, 2.45) is 52.3 Å². The van der Waals surface area contributed by atoms with Gasteiger partial charge in [-0.15, -0.1) is 0 Å². The van der Waals surface area contributed by atoms with Crippen molar-refractivity contribution in [1.29, 1.82) is 0 Å². The molecule has 10 atom stereocenters. The first-order valence-electron chi connectivity index (χ1n) is 16.5. The predicted molar refractivity (Wildman–Crippen MR) is 162 cm³/mol. The van der Waals surface area contributed by atoms with Crippen molar-refractivity contribution in [2.75, 3.05) is 11.5 Å². The van der Waals surface area contributed by atoms with Crippen LogP contribution in [0.3, 0.4) is 0 Å². The molecule has 38 heavy (non-hydrogen) atoms. The van der Waals surface area contributed by atoms with Gasteiger partial charge in [0.25, 0.3) is 0 Å². The molecule has 4 N–H and O–H groups in total. The van der Waals surface area contributed by atoms with Crippen molar-refractivity contribution in [3.63, 3.8) is 0 Å². The van der Waals surface area contributed by atoms with E-state index in [0.717, 1.165) is 47.2 Å². The van der Waals surface area contributed by atoms with Gasteiger partial charge in [-0.25, -0.2) is 0 Å². The molecule has 0 aliphatic heterocycles. The highest BCUT2D eigenvalue weighted by molar-refractivity contribution is 5.60. The lowest BCUT2D eigenvalue weighted by Crippen LogP contribution is -2.54. The van der Waals surface area contributed by atoms with Crippen molar-refractivity contribution in [3.8, 4) is 5.75 Å². The summed E-state index contributed by atoms with van der Waals surface area (Å²) in [6.45, 7) is 12.7. The molecular formula is C35H58N2O. The van der Waals surface area contributed by atoms with Crippen molar-refractivity contribution in [1.82, 2.24) is 0 Å². The number of rotatable bonds is 9. The summed E-state index contributed by atoms with van der Waals surface area (Å²) in [6, 6.07) is 5.70. The standard InChI is InChI=1S/C35H58N2O/c1-6-23(3)9-8-10-24(7-2)29-14-15-30-28-13-11-25-21-27(38-33-16-12-26(36)22-32(33)37)17-19-34(25,4)31(28)18-20-35(29,30)5/h12,16,22-25,27-31H,6-11,13-15,17-21,36-37H2,1-5H3. The molecule has 1 aromatic carbocycles. The Hall–Kier alpha value is -1.38. The molecule has 5 rings (SSSR count). The zero-order valence-corrected chi connectivity index (χ0v) is 25.3. The largest absolute Gasteiger partial charge is 0.488 e. The van der Waals surface area contributed by atoms with E-state index in [1.807, 2.05) is 18.2 Å². The SMILES string of the molecule is CCC(C)CCCC(CC)C1CCC2C3CCC4CC(Oc5ccc(N)cc5N)CCC4(C)C3CCC12C. The van der Waals surface area contributed by atoms with Crippen molar-refractivity contribution < 1.29 is 4.74 Å². The highest BCUT2D eigenvalue weighted by Gasteiger charge is 2.60. The first-order chi connectivity index (χ1) is 18.2. The van der Waals surface area contributed by atoms with Crippen LogP contribution >= 0.6 is 0 Å². The Morgan fingerprint density at radius 1 is 0.895 bits per heavy atom. The Morgan fingerprint density at radius 2 is 1.66 bits per heavy atom. The summed E-state index contributed by atoms with van der Waals surface area (Å²) >= 11 is 0. The third kappa shape index (κ3) is 5.10. The van der Waals surface area contributed by atoms with E-state index in [9.17, 15) is 0 Å². The maximum absolute atomic E-state index is 6.48. The van der Waals surface area contributed by atoms with Crippen molar-refractivity contribution in [2.45, 2.75) is 131 Å². The van der Waals surface area contributed by atoms with Crippen LogP contribution in [0.4, 0.5) is 11.4 Å². The molecule has 0 amide bonds. The highest BCUT2D eigenvalue weighted by atomic mass is 16.5. The second-order valence-corrected chi connectivity index (χ2v) is 14.8. The minimum Gasteiger partial charge on any atom is -0.488 e. The molecule has 0 saturated heterocycles. The van der Waals surface area contributed by atoms with E-state index in [4.69, 9.17) is 16.2 Å². The van der Waals surface area contributed by atoms with Gasteiger partial charge in [0.2, 0.25) is 0 Å². The molecule has 214 valence electrons. The van der Waals surface area contributed by atoms with Crippen molar-refractivity contribution in [3.05, 3.63) is 18.2 Å². The molecule has 4 fully saturated rings. The van der Waals surface area contributed by atoms with Crippen LogP contribution in [0.1, 0.15) is 125 Å². The van der Waals surface area contributed by atoms with E-state index >= 15 is 0 Å². The third-order valence-electron chi connectivity index (χ3n) is 13.1. The van der Waals surface area contributed by atoms with Crippen LogP contribution in [-0.2, 0) is 0 Å². The molecule has 1 aromatic rings. The zero-order valence-electron chi connectivity index (χ0n) is 25.3. The van der Waals surface area contributed by atoms with Crippen LogP contribution < -0.4 is 16.2 Å². The maximum atomic E-state index is 6.48. The van der Waals surface area contributed by atoms with Gasteiger partial charge in [-0.2, -0.15) is 0 Å². The minimum absolute atomic E-state index is 0.293. The monoisotopic (exact) mass is 522 g/mol. The Kier molecular flexibility index (Phi) is 8.33. The van der Waals surface area contributed by atoms with E-state index in [1.54, 1.807) is 0 Å². The van der Waals surface area contributed by atoms with Crippen LogP contribution in [0.15, 0.2) is 18.2 Å². The van der Waals surface area contributed by atoms with Gasteiger partial charge in [0.1, 0.15) is 5.75 Å². The fraction of sp³-hybridized carbons (Fsp3) is 0.829. The number of benzene rings is 1. The molecule has 4 aliphatic carbocycles. The minimum atomic E-state index is 0.293. The fourth-order valence-electron chi connectivity index (χ4n) is 10.6. The van der Waals surface area contributed by atoms with Gasteiger partial charge < -0.3 is 16.2 Å². The smallest absolute Gasteiger partial charge is 0.142 e. The maximum Gasteiger partial charge on any atom is 0.142 e. The summed E-state index contributed by atoms with van der Waals surface area (Å²) in [6.07, 6.45) is 19.9. The summed E-state index contributed by atoms with van der Waals surface area (Å²) in [5, 5.41) is 0. The zero-order chi connectivity index (χ0) is 27.1. The fourth-order valence-corrected chi connectivity index (χ4v) is 10.6. The average Bonchev–Trinajstić information content (AvgIpc) is 3.25. The van der Waals surface area contributed by atoms with E-state index in [2.05, 4.69) is 34.6 Å². The van der Waals surface area contributed by atoms with Crippen LogP contribution in [0.5, 0.6) is 5.75 Å². The molecule has 4 aliphatic rings. The topological polar surface area (TPSA) is 61.3 Å². The van der Waals surface area contributed by atoms with Gasteiger partial charge in [-0.1, -0.05) is 66.7 Å². The normalized spacial score (nSPS) is 40.0. The molecule has 0 spiro atoms. The van der Waals surface area contributed by atoms with Crippen LogP contribution in [0.2, 0.25) is 0 Å². The summed E-state index contributed by atoms with van der Waals surface area (Å²) < 4.78 is 6.48. The molecular weight excluding hydrogens is 464 g/mol. The number of ether oxygens (including phenoxy) is 1. The lowest BCUT2D eigenvalue weighted by molar-refractivity contribution is -0.127. The number of hydrogen-bond donors (Lipinski definition) is 2. The lowest BCUT2D eigenvalue weighted by Gasteiger charge is -2.61. The lowest BCUT2D eigenvalue weighted by atomic mass is 9.44. The van der Waals surface area contributed by atoms with Gasteiger partial charge in [0, 0.05) is 5.69 Å². The Morgan fingerprint density at radius 3 is 2.39 bits per heavy atom. The van der Waals surface area contributed by atoms with E-state index in [0.29, 0.717) is 28.3 Å². The highest BCUT2D eigenvalue weighted by Crippen LogP contribution is 2.68. The summed E-state index contributed by atoms with van der Waals surface area (Å²) in [5.74, 6) is 7.28. The van der Waals surface area contributed by atoms with Crippen LogP contribution in [-0.4, -0.2) is 6.10 Å². The summed E-state index contributed by atoms with van der Waals surface area (Å²) in [7, 11) is 0. The molecule has 4 saturated carbocycles. The average molecular weight is 523 g/mol. The Bertz CT molecular complexity index is 946. The van der Waals surface area contributed by atoms with Gasteiger partial charge in [0.15, 0.2) is 0 Å². The van der Waals surface area contributed by atoms with Gasteiger partial charge in [-0.3, -0.25) is 0 Å². The number of fused-ring (bicyclic) bond motifs is 5. The molecule has 0 aromatic heterocycles. The van der Waals surface area contributed by atoms with Gasteiger partial charge in [0.05, 0.1) is 11.8 Å². The van der Waals surface area contributed by atoms with Crippen molar-refractivity contribution >= 4 is 11.4 Å². The number of anilines is 2. The number of nitrogen functional groups attached to an aromatic ring is 2. The molecule has 10 unspecified atom stereocenters.